The lowest BCUT2D eigenvalue weighted by Gasteiger charge is -2.18. The molecule has 1 aromatic carbocycles. The van der Waals surface area contributed by atoms with E-state index in [0.717, 1.165) is 10.5 Å². The van der Waals surface area contributed by atoms with Crippen molar-refractivity contribution in [2.24, 2.45) is 5.14 Å². The average molecular weight is 321 g/mol. The summed E-state index contributed by atoms with van der Waals surface area (Å²) in [6.07, 6.45) is 0.637. The average Bonchev–Trinajstić information content (AvgIpc) is 2.52. The molecule has 116 valence electrons. The van der Waals surface area contributed by atoms with Gasteiger partial charge in [0.15, 0.2) is 5.82 Å². The van der Waals surface area contributed by atoms with E-state index in [4.69, 9.17) is 9.88 Å². The van der Waals surface area contributed by atoms with Crippen LogP contribution in [-0.2, 0) is 21.4 Å². The normalized spacial score (nSPS) is 11.0. The number of nitrogens with zero attached hydrogens (tertiary/aromatic N) is 2. The number of rotatable bonds is 4. The van der Waals surface area contributed by atoms with Gasteiger partial charge in [0.1, 0.15) is 11.5 Å². The van der Waals surface area contributed by atoms with E-state index in [1.807, 2.05) is 30.3 Å². The van der Waals surface area contributed by atoms with Gasteiger partial charge in [-0.1, -0.05) is 30.3 Å². The number of hydrogen-bond acceptors (Lipinski definition) is 5. The number of benzene rings is 1. The zero-order valence-electron chi connectivity index (χ0n) is 11.8. The molecule has 0 atom stereocenters. The van der Waals surface area contributed by atoms with Crippen LogP contribution in [0.3, 0.4) is 0 Å². The third kappa shape index (κ3) is 3.80. The van der Waals surface area contributed by atoms with Gasteiger partial charge in [-0.3, -0.25) is 4.90 Å². The Bertz CT molecular complexity index is 763. The highest BCUT2D eigenvalue weighted by atomic mass is 32.2. The van der Waals surface area contributed by atoms with E-state index in [-0.39, 0.29) is 17.3 Å². The highest BCUT2D eigenvalue weighted by molar-refractivity contribution is 7.89. The van der Waals surface area contributed by atoms with E-state index in [1.54, 1.807) is 0 Å². The highest BCUT2D eigenvalue weighted by Crippen LogP contribution is 2.20. The lowest BCUT2D eigenvalue weighted by atomic mass is 10.2. The Morgan fingerprint density at radius 3 is 2.55 bits per heavy atom. The molecule has 0 aliphatic carbocycles. The molecule has 0 bridgehead atoms. The van der Waals surface area contributed by atoms with Gasteiger partial charge in [0.05, 0.1) is 0 Å². The molecule has 0 aliphatic heterocycles. The number of primary sulfonamides is 1. The van der Waals surface area contributed by atoms with Gasteiger partial charge in [-0.25, -0.2) is 23.3 Å². The number of amides is 1. The van der Waals surface area contributed by atoms with Gasteiger partial charge in [0.2, 0.25) is 10.0 Å². The van der Waals surface area contributed by atoms with Crippen molar-refractivity contribution >= 4 is 21.9 Å². The predicted molar refractivity (Wildman–Crippen MR) is 80.6 cm³/mol. The fourth-order valence-electron chi connectivity index (χ4n) is 1.76. The predicted octanol–water partition coefficient (Wildman–Crippen LogP) is 1.50. The molecule has 0 saturated carbocycles. The minimum absolute atomic E-state index is 0.0710. The number of anilines is 1. The first-order valence-electron chi connectivity index (χ1n) is 6.32. The summed E-state index contributed by atoms with van der Waals surface area (Å²) in [6, 6.07) is 11.8. The van der Waals surface area contributed by atoms with Gasteiger partial charge in [-0.15, -0.1) is 0 Å². The minimum Gasteiger partial charge on any atom is -0.444 e. The number of pyridine rings is 1. The summed E-state index contributed by atoms with van der Waals surface area (Å²) >= 11 is 0. The standard InChI is InChI=1S/C14H15N3O4S/c1-17(13-12(22(15,19)20)8-5-9-16-13)14(18)21-10-11-6-3-2-4-7-11/h2-9H,10H2,1H3,(H2,15,19,20). The van der Waals surface area contributed by atoms with Crippen LogP contribution in [-0.4, -0.2) is 26.5 Å². The minimum atomic E-state index is -3.99. The fraction of sp³-hybridized carbons (Fsp3) is 0.143. The number of ether oxygens (including phenoxy) is 1. The second-order valence-corrected chi connectivity index (χ2v) is 6.00. The van der Waals surface area contributed by atoms with Gasteiger partial charge in [0, 0.05) is 13.2 Å². The van der Waals surface area contributed by atoms with Crippen molar-refractivity contribution in [2.75, 3.05) is 11.9 Å². The fourth-order valence-corrected chi connectivity index (χ4v) is 2.47. The molecule has 7 nitrogen and oxygen atoms in total. The topological polar surface area (TPSA) is 103 Å². The number of nitrogens with two attached hydrogens (primary N) is 1. The molecule has 2 N–H and O–H groups in total. The number of aromatic nitrogens is 1. The first-order chi connectivity index (χ1) is 10.4. The molecule has 8 heteroatoms. The summed E-state index contributed by atoms with van der Waals surface area (Å²) in [6.45, 7) is 0.0710. The van der Waals surface area contributed by atoms with E-state index in [0.29, 0.717) is 0 Å². The van der Waals surface area contributed by atoms with Crippen LogP contribution in [0.5, 0.6) is 0 Å². The second kappa shape index (κ2) is 6.54. The van der Waals surface area contributed by atoms with E-state index in [1.165, 1.54) is 25.4 Å². The van der Waals surface area contributed by atoms with Crippen LogP contribution in [0.4, 0.5) is 10.6 Å². The van der Waals surface area contributed by atoms with Gasteiger partial charge >= 0.3 is 6.09 Å². The Morgan fingerprint density at radius 1 is 1.23 bits per heavy atom. The van der Waals surface area contributed by atoms with Crippen molar-refractivity contribution < 1.29 is 17.9 Å². The summed E-state index contributed by atoms with van der Waals surface area (Å²) in [5.74, 6) is -0.0805. The van der Waals surface area contributed by atoms with Gasteiger partial charge in [-0.2, -0.15) is 0 Å². The molecular weight excluding hydrogens is 306 g/mol. The Balaban J connectivity index is 2.15. The van der Waals surface area contributed by atoms with Crippen LogP contribution >= 0.6 is 0 Å². The molecule has 0 aliphatic rings. The zero-order chi connectivity index (χ0) is 16.2. The lowest BCUT2D eigenvalue weighted by Crippen LogP contribution is -2.30. The molecule has 0 spiro atoms. The number of sulfonamides is 1. The molecule has 22 heavy (non-hydrogen) atoms. The number of carbonyl (C=O) groups excluding carboxylic acids is 1. The molecule has 0 fully saturated rings. The van der Waals surface area contributed by atoms with Crippen LogP contribution in [0, 0.1) is 0 Å². The van der Waals surface area contributed by atoms with Crippen LogP contribution < -0.4 is 10.0 Å². The van der Waals surface area contributed by atoms with Crippen molar-refractivity contribution in [3.63, 3.8) is 0 Å². The largest absolute Gasteiger partial charge is 0.444 e. The molecule has 0 unspecified atom stereocenters. The maximum absolute atomic E-state index is 12.0. The van der Waals surface area contributed by atoms with E-state index in [9.17, 15) is 13.2 Å². The summed E-state index contributed by atoms with van der Waals surface area (Å²) in [7, 11) is -2.63. The maximum Gasteiger partial charge on any atom is 0.415 e. The summed E-state index contributed by atoms with van der Waals surface area (Å²) in [4.78, 5) is 16.7. The van der Waals surface area contributed by atoms with Gasteiger partial charge in [-0.05, 0) is 17.7 Å². The molecular formula is C14H15N3O4S. The van der Waals surface area contributed by atoms with Crippen LogP contribution in [0.15, 0.2) is 53.6 Å². The SMILES string of the molecule is CN(C(=O)OCc1ccccc1)c1ncccc1S(N)(=O)=O. The third-order valence-corrected chi connectivity index (χ3v) is 3.79. The second-order valence-electron chi connectivity index (χ2n) is 4.47. The first-order valence-corrected chi connectivity index (χ1v) is 7.86. The van der Waals surface area contributed by atoms with Gasteiger partial charge < -0.3 is 4.74 Å². The smallest absolute Gasteiger partial charge is 0.415 e. The van der Waals surface area contributed by atoms with Crippen molar-refractivity contribution in [3.8, 4) is 0 Å². The van der Waals surface area contributed by atoms with E-state index in [2.05, 4.69) is 4.98 Å². The van der Waals surface area contributed by atoms with Gasteiger partial charge in [0.25, 0.3) is 0 Å². The highest BCUT2D eigenvalue weighted by Gasteiger charge is 2.22. The zero-order valence-corrected chi connectivity index (χ0v) is 12.7. The van der Waals surface area contributed by atoms with Crippen LogP contribution in [0.25, 0.3) is 0 Å². The van der Waals surface area contributed by atoms with E-state index >= 15 is 0 Å². The Hall–Kier alpha value is -2.45. The van der Waals surface area contributed by atoms with Crippen molar-refractivity contribution in [2.45, 2.75) is 11.5 Å². The Kier molecular flexibility index (Phi) is 4.74. The number of hydrogen-bond donors (Lipinski definition) is 1. The summed E-state index contributed by atoms with van der Waals surface area (Å²) in [5, 5.41) is 5.11. The van der Waals surface area contributed by atoms with Crippen LogP contribution in [0.2, 0.25) is 0 Å². The molecule has 0 radical (unpaired) electrons. The van der Waals surface area contributed by atoms with Crippen molar-refractivity contribution in [3.05, 3.63) is 54.2 Å². The molecule has 1 amide bonds. The molecule has 2 rings (SSSR count). The quantitative estimate of drug-likeness (QED) is 0.919. The number of carbonyl (C=O) groups is 1. The summed E-state index contributed by atoms with van der Waals surface area (Å²) in [5.41, 5.74) is 0.817. The van der Waals surface area contributed by atoms with Crippen molar-refractivity contribution in [1.29, 1.82) is 0 Å². The molecule has 0 saturated heterocycles. The first kappa shape index (κ1) is 15.9. The molecule has 2 aromatic rings. The van der Waals surface area contributed by atoms with Crippen LogP contribution in [0.1, 0.15) is 5.56 Å². The summed E-state index contributed by atoms with van der Waals surface area (Å²) < 4.78 is 28.2. The van der Waals surface area contributed by atoms with E-state index < -0.39 is 16.1 Å². The Morgan fingerprint density at radius 2 is 1.91 bits per heavy atom. The monoisotopic (exact) mass is 321 g/mol. The molecule has 1 heterocycles. The Labute approximate surface area is 128 Å². The molecule has 1 aromatic heterocycles. The van der Waals surface area contributed by atoms with Crippen molar-refractivity contribution in [1.82, 2.24) is 4.98 Å². The maximum atomic E-state index is 12.0. The third-order valence-electron chi connectivity index (χ3n) is 2.85. The lowest BCUT2D eigenvalue weighted by molar-refractivity contribution is 0.148.